The zero-order valence-electron chi connectivity index (χ0n) is 14.4. The third kappa shape index (κ3) is 4.00. The minimum Gasteiger partial charge on any atom is -0.444 e. The molecule has 0 aromatic heterocycles. The number of hydrogen-bond acceptors (Lipinski definition) is 4. The summed E-state index contributed by atoms with van der Waals surface area (Å²) >= 11 is 0. The Morgan fingerprint density at radius 3 is 2.59 bits per heavy atom. The average molecular weight is 311 g/mol. The van der Waals surface area contributed by atoms with Crippen LogP contribution in [0.15, 0.2) is 0 Å². The van der Waals surface area contributed by atoms with E-state index in [-0.39, 0.29) is 29.9 Å². The fourth-order valence-corrected chi connectivity index (χ4v) is 3.42. The molecule has 22 heavy (non-hydrogen) atoms. The number of amides is 1. The largest absolute Gasteiger partial charge is 0.444 e. The van der Waals surface area contributed by atoms with E-state index in [1.54, 1.807) is 4.90 Å². The normalized spacial score (nSPS) is 33.7. The highest BCUT2D eigenvalue weighted by molar-refractivity contribution is 5.83. The number of Topliss-reactive ketones (excluding diaryl/α,β-unsaturated/α-hetero) is 1. The molecule has 0 bridgehead atoms. The molecule has 1 aliphatic heterocycles. The van der Waals surface area contributed by atoms with Crippen LogP contribution in [0.3, 0.4) is 0 Å². The Morgan fingerprint density at radius 2 is 1.95 bits per heavy atom. The maximum Gasteiger partial charge on any atom is 0.410 e. The molecule has 1 saturated carbocycles. The Hall–Kier alpha value is -1.10. The van der Waals surface area contributed by atoms with Crippen molar-refractivity contribution in [3.63, 3.8) is 0 Å². The second-order valence-electron chi connectivity index (χ2n) is 7.79. The van der Waals surface area contributed by atoms with Crippen molar-refractivity contribution in [2.24, 2.45) is 11.8 Å². The quantitative estimate of drug-likeness (QED) is 0.747. The SMILES string of the molecule is CC1CCC(=O)C(C2COCC(C)N2C(=O)OC(C)(C)C)C1. The first-order valence-corrected chi connectivity index (χ1v) is 8.31. The van der Waals surface area contributed by atoms with Crippen LogP contribution in [0, 0.1) is 11.8 Å². The predicted octanol–water partition coefficient (Wildman–Crippen LogP) is 3.02. The standard InChI is InChI=1S/C17H29NO4/c1-11-6-7-15(19)13(8-11)14-10-21-9-12(2)18(14)16(20)22-17(3,4)5/h11-14H,6-10H2,1-5H3. The van der Waals surface area contributed by atoms with Crippen molar-refractivity contribution in [2.45, 2.75) is 71.6 Å². The van der Waals surface area contributed by atoms with Crippen LogP contribution in [0.2, 0.25) is 0 Å². The highest BCUT2D eigenvalue weighted by Crippen LogP contribution is 2.33. The minimum atomic E-state index is -0.538. The van der Waals surface area contributed by atoms with Gasteiger partial charge in [-0.15, -0.1) is 0 Å². The summed E-state index contributed by atoms with van der Waals surface area (Å²) in [6, 6.07) is -0.271. The zero-order valence-corrected chi connectivity index (χ0v) is 14.4. The van der Waals surface area contributed by atoms with Gasteiger partial charge in [-0.05, 0) is 46.5 Å². The Bertz CT molecular complexity index is 429. The predicted molar refractivity (Wildman–Crippen MR) is 83.7 cm³/mol. The Labute approximate surface area is 133 Å². The fraction of sp³-hybridized carbons (Fsp3) is 0.882. The summed E-state index contributed by atoms with van der Waals surface area (Å²) in [5, 5.41) is 0. The van der Waals surface area contributed by atoms with E-state index in [9.17, 15) is 9.59 Å². The maximum absolute atomic E-state index is 12.6. The Morgan fingerprint density at radius 1 is 1.27 bits per heavy atom. The highest BCUT2D eigenvalue weighted by Gasteiger charge is 2.43. The molecule has 1 amide bonds. The molecule has 0 spiro atoms. The number of morpholine rings is 1. The van der Waals surface area contributed by atoms with Crippen LogP contribution in [0.5, 0.6) is 0 Å². The first kappa shape index (κ1) is 17.3. The van der Waals surface area contributed by atoms with Gasteiger partial charge in [-0.2, -0.15) is 0 Å². The second kappa shape index (κ2) is 6.57. The molecule has 2 rings (SSSR count). The van der Waals surface area contributed by atoms with Gasteiger partial charge in [0.05, 0.1) is 25.3 Å². The van der Waals surface area contributed by atoms with Crippen LogP contribution in [0.25, 0.3) is 0 Å². The van der Waals surface area contributed by atoms with Crippen LogP contribution >= 0.6 is 0 Å². The van der Waals surface area contributed by atoms with E-state index in [1.807, 2.05) is 27.7 Å². The molecule has 126 valence electrons. The molecule has 2 fully saturated rings. The molecular formula is C17H29NO4. The first-order valence-electron chi connectivity index (χ1n) is 8.31. The zero-order chi connectivity index (χ0) is 16.5. The third-order valence-corrected chi connectivity index (χ3v) is 4.50. The topological polar surface area (TPSA) is 55.8 Å². The molecule has 2 aliphatic rings. The van der Waals surface area contributed by atoms with Gasteiger partial charge in [-0.25, -0.2) is 4.79 Å². The molecule has 0 N–H and O–H groups in total. The lowest BCUT2D eigenvalue weighted by molar-refractivity contribution is -0.133. The Kier molecular flexibility index (Phi) is 5.15. The van der Waals surface area contributed by atoms with E-state index >= 15 is 0 Å². The van der Waals surface area contributed by atoms with Gasteiger partial charge in [-0.1, -0.05) is 6.92 Å². The summed E-state index contributed by atoms with van der Waals surface area (Å²) in [5.74, 6) is 0.647. The fourth-order valence-electron chi connectivity index (χ4n) is 3.42. The van der Waals surface area contributed by atoms with Crippen molar-refractivity contribution in [1.82, 2.24) is 4.90 Å². The van der Waals surface area contributed by atoms with E-state index in [1.165, 1.54) is 0 Å². The molecule has 5 heteroatoms. The van der Waals surface area contributed by atoms with Crippen molar-refractivity contribution in [3.8, 4) is 0 Å². The summed E-state index contributed by atoms with van der Waals surface area (Å²) in [6.45, 7) is 10.6. The van der Waals surface area contributed by atoms with Crippen molar-refractivity contribution in [3.05, 3.63) is 0 Å². The maximum atomic E-state index is 12.6. The lowest BCUT2D eigenvalue weighted by atomic mass is 9.77. The summed E-state index contributed by atoms with van der Waals surface area (Å²) < 4.78 is 11.2. The summed E-state index contributed by atoms with van der Waals surface area (Å²) in [4.78, 5) is 26.7. The molecule has 1 heterocycles. The number of ether oxygens (including phenoxy) is 2. The van der Waals surface area contributed by atoms with Gasteiger partial charge >= 0.3 is 6.09 Å². The van der Waals surface area contributed by atoms with Gasteiger partial charge < -0.3 is 9.47 Å². The van der Waals surface area contributed by atoms with Gasteiger partial charge in [-0.3, -0.25) is 9.69 Å². The lowest BCUT2D eigenvalue weighted by Gasteiger charge is -2.45. The van der Waals surface area contributed by atoms with E-state index < -0.39 is 5.60 Å². The molecule has 0 aromatic rings. The number of rotatable bonds is 1. The Balaban J connectivity index is 2.19. The van der Waals surface area contributed by atoms with E-state index in [0.29, 0.717) is 25.6 Å². The van der Waals surface area contributed by atoms with Gasteiger partial charge in [0, 0.05) is 12.3 Å². The monoisotopic (exact) mass is 311 g/mol. The van der Waals surface area contributed by atoms with Crippen molar-refractivity contribution in [1.29, 1.82) is 0 Å². The molecule has 1 saturated heterocycles. The van der Waals surface area contributed by atoms with Crippen molar-refractivity contribution in [2.75, 3.05) is 13.2 Å². The molecule has 4 atom stereocenters. The van der Waals surface area contributed by atoms with E-state index in [2.05, 4.69) is 6.92 Å². The minimum absolute atomic E-state index is 0.0707. The molecule has 4 unspecified atom stereocenters. The summed E-state index contributed by atoms with van der Waals surface area (Å²) in [7, 11) is 0. The average Bonchev–Trinajstić information content (AvgIpc) is 2.39. The number of carbonyl (C=O) groups is 2. The molecule has 5 nitrogen and oxygen atoms in total. The van der Waals surface area contributed by atoms with Crippen LogP contribution in [0.4, 0.5) is 4.79 Å². The number of hydrogen-bond donors (Lipinski definition) is 0. The first-order chi connectivity index (χ1) is 10.2. The number of nitrogens with zero attached hydrogens (tertiary/aromatic N) is 1. The number of carbonyl (C=O) groups excluding carboxylic acids is 2. The van der Waals surface area contributed by atoms with E-state index in [0.717, 1.165) is 12.8 Å². The lowest BCUT2D eigenvalue weighted by Crippen LogP contribution is -2.59. The number of ketones is 1. The van der Waals surface area contributed by atoms with Crippen molar-refractivity contribution < 1.29 is 19.1 Å². The van der Waals surface area contributed by atoms with E-state index in [4.69, 9.17) is 9.47 Å². The summed E-state index contributed by atoms with van der Waals surface area (Å²) in [5.41, 5.74) is -0.538. The molecule has 0 aromatic carbocycles. The molecule has 0 radical (unpaired) electrons. The molecule has 1 aliphatic carbocycles. The highest BCUT2D eigenvalue weighted by atomic mass is 16.6. The van der Waals surface area contributed by atoms with Crippen LogP contribution in [-0.4, -0.2) is 47.7 Å². The van der Waals surface area contributed by atoms with Gasteiger partial charge in [0.15, 0.2) is 0 Å². The van der Waals surface area contributed by atoms with Gasteiger partial charge in [0.1, 0.15) is 11.4 Å². The summed E-state index contributed by atoms with van der Waals surface area (Å²) in [6.07, 6.45) is 2.06. The van der Waals surface area contributed by atoms with Crippen LogP contribution < -0.4 is 0 Å². The second-order valence-corrected chi connectivity index (χ2v) is 7.79. The smallest absolute Gasteiger partial charge is 0.410 e. The molecular weight excluding hydrogens is 282 g/mol. The van der Waals surface area contributed by atoms with Crippen LogP contribution in [0.1, 0.15) is 53.9 Å². The third-order valence-electron chi connectivity index (χ3n) is 4.50. The van der Waals surface area contributed by atoms with Gasteiger partial charge in [0.25, 0.3) is 0 Å². The van der Waals surface area contributed by atoms with Crippen molar-refractivity contribution >= 4 is 11.9 Å². The van der Waals surface area contributed by atoms with Gasteiger partial charge in [0.2, 0.25) is 0 Å². The van der Waals surface area contributed by atoms with Crippen LogP contribution in [-0.2, 0) is 14.3 Å².